The van der Waals surface area contributed by atoms with Crippen molar-refractivity contribution in [3.05, 3.63) is 89.2 Å². The Balaban J connectivity index is 1.61. The van der Waals surface area contributed by atoms with E-state index in [-0.39, 0.29) is 5.13 Å². The Labute approximate surface area is 181 Å². The van der Waals surface area contributed by atoms with Crippen molar-refractivity contribution >= 4 is 27.8 Å². The van der Waals surface area contributed by atoms with Crippen LogP contribution >= 0.6 is 11.3 Å². The Kier molecular flexibility index (Phi) is 4.76. The van der Waals surface area contributed by atoms with Gasteiger partial charge < -0.3 is 4.98 Å². The molecule has 5 rings (SSSR count). The van der Waals surface area contributed by atoms with Gasteiger partial charge in [-0.3, -0.25) is 10.1 Å². The molecule has 8 heteroatoms. The van der Waals surface area contributed by atoms with E-state index in [0.29, 0.717) is 0 Å². The van der Waals surface area contributed by atoms with Crippen LogP contribution in [0.5, 0.6) is 0 Å². The molecule has 0 aromatic carbocycles. The average Bonchev–Trinajstić information content (AvgIpc) is 3.50. The number of nitrogens with zero attached hydrogens (tertiary/aromatic N) is 4. The summed E-state index contributed by atoms with van der Waals surface area (Å²) in [7, 11) is 0. The monoisotopic (exact) mass is 428 g/mol. The van der Waals surface area contributed by atoms with Crippen molar-refractivity contribution in [2.75, 3.05) is 0 Å². The second-order valence-electron chi connectivity index (χ2n) is 6.96. The van der Waals surface area contributed by atoms with E-state index in [0.717, 1.165) is 66.6 Å². The number of fused-ring (bicyclic) bond motifs is 1. The number of halogens is 1. The minimum Gasteiger partial charge on any atom is -0.357 e. The third kappa shape index (κ3) is 3.47. The number of aromatic amines is 2. The zero-order valence-corrected chi connectivity index (χ0v) is 17.4. The lowest BCUT2D eigenvalue weighted by Gasteiger charge is -2.03. The van der Waals surface area contributed by atoms with Gasteiger partial charge >= 0.3 is 0 Å². The van der Waals surface area contributed by atoms with Gasteiger partial charge in [-0.2, -0.15) is 9.49 Å². The molecule has 0 aliphatic heterocycles. The maximum atomic E-state index is 13.7. The van der Waals surface area contributed by atoms with Crippen LogP contribution in [0.1, 0.15) is 16.1 Å². The molecule has 0 amide bonds. The molecule has 0 atom stereocenters. The fourth-order valence-electron chi connectivity index (χ4n) is 3.56. The Morgan fingerprint density at radius 1 is 1.16 bits per heavy atom. The maximum absolute atomic E-state index is 13.7. The zero-order chi connectivity index (χ0) is 21.4. The Morgan fingerprint density at radius 3 is 2.74 bits per heavy atom. The molecule has 0 unspecified atom stereocenters. The van der Waals surface area contributed by atoms with Crippen LogP contribution in [0.25, 0.3) is 39.1 Å². The van der Waals surface area contributed by atoms with E-state index in [2.05, 4.69) is 36.7 Å². The number of hydrogen-bond acceptors (Lipinski definition) is 5. The second-order valence-corrected chi connectivity index (χ2v) is 7.99. The van der Waals surface area contributed by atoms with E-state index in [4.69, 9.17) is 0 Å². The van der Waals surface area contributed by atoms with Gasteiger partial charge in [-0.05, 0) is 31.2 Å². The van der Waals surface area contributed by atoms with Crippen LogP contribution < -0.4 is 0 Å². The molecule has 152 valence electrons. The molecule has 0 spiro atoms. The molecule has 5 aromatic rings. The average molecular weight is 428 g/mol. The Hall–Kier alpha value is -3.91. The van der Waals surface area contributed by atoms with Gasteiger partial charge in [0, 0.05) is 45.1 Å². The van der Waals surface area contributed by atoms with Crippen molar-refractivity contribution in [1.29, 1.82) is 0 Å². The quantitative estimate of drug-likeness (QED) is 0.360. The van der Waals surface area contributed by atoms with Gasteiger partial charge in [0.15, 0.2) is 5.13 Å². The number of pyridine rings is 1. The van der Waals surface area contributed by atoms with Crippen molar-refractivity contribution in [2.45, 2.75) is 6.92 Å². The molecular formula is C23H17FN6S. The molecule has 0 aliphatic carbocycles. The van der Waals surface area contributed by atoms with Crippen molar-refractivity contribution in [2.24, 2.45) is 0 Å². The third-order valence-corrected chi connectivity index (χ3v) is 5.89. The van der Waals surface area contributed by atoms with Crippen LogP contribution in [0, 0.1) is 12.1 Å². The van der Waals surface area contributed by atoms with Gasteiger partial charge in [0.25, 0.3) is 0 Å². The molecule has 6 nitrogen and oxygen atoms in total. The number of thiophene rings is 1. The van der Waals surface area contributed by atoms with Crippen LogP contribution in [0.2, 0.25) is 0 Å². The van der Waals surface area contributed by atoms with E-state index in [9.17, 15) is 4.39 Å². The summed E-state index contributed by atoms with van der Waals surface area (Å²) in [4.78, 5) is 16.9. The normalized spacial score (nSPS) is 11.9. The number of allylic oxidation sites excluding steroid dienone is 2. The molecule has 0 fully saturated rings. The first-order chi connectivity index (χ1) is 15.1. The highest BCUT2D eigenvalue weighted by atomic mass is 32.1. The predicted octanol–water partition coefficient (Wildman–Crippen LogP) is 5.54. The maximum Gasteiger partial charge on any atom is 0.176 e. The largest absolute Gasteiger partial charge is 0.357 e. The highest BCUT2D eigenvalue weighted by molar-refractivity contribution is 7.11. The standard InChI is InChI=1S/C23H17FN6S/c1-3-4-15(21-5-6-22(24)31-21)16-7-19(28-13(16)2)23-17-8-18(14-9-25-12-26-10-14)27-11-20(17)29-30-23/h3-12,28H,1H2,2H3,(H,29,30)/b15-4+. The minimum atomic E-state index is -0.221. The third-order valence-electron chi connectivity index (χ3n) is 4.99. The van der Waals surface area contributed by atoms with Crippen LogP contribution in [0.15, 0.2) is 67.9 Å². The lowest BCUT2D eigenvalue weighted by atomic mass is 10.0. The number of aryl methyl sites for hydroxylation is 1. The minimum absolute atomic E-state index is 0.221. The van der Waals surface area contributed by atoms with Crippen LogP contribution in [-0.4, -0.2) is 30.1 Å². The summed E-state index contributed by atoms with van der Waals surface area (Å²) in [6.45, 7) is 5.80. The molecule has 0 radical (unpaired) electrons. The molecule has 5 heterocycles. The first kappa shape index (κ1) is 19.1. The lowest BCUT2D eigenvalue weighted by Crippen LogP contribution is -1.86. The lowest BCUT2D eigenvalue weighted by molar-refractivity contribution is 0.657. The summed E-state index contributed by atoms with van der Waals surface area (Å²) >= 11 is 1.11. The fourth-order valence-corrected chi connectivity index (χ4v) is 4.33. The molecule has 2 N–H and O–H groups in total. The first-order valence-corrected chi connectivity index (χ1v) is 10.3. The Morgan fingerprint density at radius 2 is 2.00 bits per heavy atom. The van der Waals surface area contributed by atoms with E-state index < -0.39 is 0 Å². The van der Waals surface area contributed by atoms with Crippen LogP contribution in [0.3, 0.4) is 0 Å². The van der Waals surface area contributed by atoms with E-state index in [1.54, 1.807) is 30.7 Å². The van der Waals surface area contributed by atoms with E-state index in [1.807, 2.05) is 25.1 Å². The van der Waals surface area contributed by atoms with Gasteiger partial charge in [-0.25, -0.2) is 9.97 Å². The number of aromatic nitrogens is 6. The molecule has 0 saturated heterocycles. The highest BCUT2D eigenvalue weighted by Gasteiger charge is 2.17. The van der Waals surface area contributed by atoms with Crippen LogP contribution in [-0.2, 0) is 0 Å². The van der Waals surface area contributed by atoms with Gasteiger partial charge in [-0.1, -0.05) is 18.7 Å². The molecule has 31 heavy (non-hydrogen) atoms. The summed E-state index contributed by atoms with van der Waals surface area (Å²) in [5, 5.41) is 8.26. The van der Waals surface area contributed by atoms with Crippen molar-refractivity contribution in [1.82, 2.24) is 30.1 Å². The topological polar surface area (TPSA) is 83.1 Å². The smallest absolute Gasteiger partial charge is 0.176 e. The summed E-state index contributed by atoms with van der Waals surface area (Å²) < 4.78 is 13.7. The molecular weight excluding hydrogens is 411 g/mol. The van der Waals surface area contributed by atoms with Crippen LogP contribution in [0.4, 0.5) is 4.39 Å². The van der Waals surface area contributed by atoms with Crippen molar-refractivity contribution in [3.63, 3.8) is 0 Å². The summed E-state index contributed by atoms with van der Waals surface area (Å²) in [5.74, 6) is 0. The van der Waals surface area contributed by atoms with Gasteiger partial charge in [-0.15, -0.1) is 11.3 Å². The summed E-state index contributed by atoms with van der Waals surface area (Å²) in [5.41, 5.74) is 6.89. The highest BCUT2D eigenvalue weighted by Crippen LogP contribution is 2.35. The molecule has 0 saturated carbocycles. The van der Waals surface area contributed by atoms with Crippen molar-refractivity contribution < 1.29 is 4.39 Å². The predicted molar refractivity (Wildman–Crippen MR) is 121 cm³/mol. The number of hydrogen-bond donors (Lipinski definition) is 2. The van der Waals surface area contributed by atoms with Crippen molar-refractivity contribution in [3.8, 4) is 22.6 Å². The molecule has 0 aliphatic rings. The zero-order valence-electron chi connectivity index (χ0n) is 16.6. The first-order valence-electron chi connectivity index (χ1n) is 9.52. The van der Waals surface area contributed by atoms with Gasteiger partial charge in [0.2, 0.25) is 0 Å². The fraction of sp³-hybridized carbons (Fsp3) is 0.0435. The number of H-pyrrole nitrogens is 2. The summed E-state index contributed by atoms with van der Waals surface area (Å²) in [6, 6.07) is 7.26. The summed E-state index contributed by atoms with van der Waals surface area (Å²) in [6.07, 6.45) is 10.3. The SMILES string of the molecule is C=C/C=C(/c1ccc(F)s1)c1cc(-c2n[nH]c3cnc(-c4cncnc4)cc23)[nH]c1C. The van der Waals surface area contributed by atoms with E-state index >= 15 is 0 Å². The van der Waals surface area contributed by atoms with E-state index in [1.165, 1.54) is 12.4 Å². The molecule has 0 bridgehead atoms. The molecule has 5 aromatic heterocycles. The Bertz CT molecular complexity index is 1430. The number of rotatable bonds is 5. The van der Waals surface area contributed by atoms with Gasteiger partial charge in [0.05, 0.1) is 23.1 Å². The second kappa shape index (κ2) is 7.73. The number of nitrogens with one attached hydrogen (secondary N) is 2. The van der Waals surface area contributed by atoms with Gasteiger partial charge in [0.1, 0.15) is 12.0 Å².